The number of aromatic nitrogens is 2. The molecule has 1 aromatic rings. The zero-order valence-electron chi connectivity index (χ0n) is 9.40. The Labute approximate surface area is 99.2 Å². The summed E-state index contributed by atoms with van der Waals surface area (Å²) in [6.07, 6.45) is 2.47. The van der Waals surface area contributed by atoms with Crippen molar-refractivity contribution in [2.45, 2.75) is 26.2 Å². The molecule has 0 bridgehead atoms. The summed E-state index contributed by atoms with van der Waals surface area (Å²) in [5, 5.41) is 13.9. The Kier molecular flexibility index (Phi) is 2.93. The van der Waals surface area contributed by atoms with Crippen LogP contribution in [0, 0.1) is 18.8 Å². The van der Waals surface area contributed by atoms with Crippen LogP contribution in [0.5, 0.6) is 0 Å². The zero-order chi connectivity index (χ0) is 11.9. The van der Waals surface area contributed by atoms with Gasteiger partial charge >= 0.3 is 5.97 Å². The van der Waals surface area contributed by atoms with Crippen LogP contribution in [0.3, 0.4) is 0 Å². The lowest BCUT2D eigenvalue weighted by atomic mass is 9.71. The molecule has 0 aromatic carbocycles. The van der Waals surface area contributed by atoms with E-state index < -0.39 is 5.97 Å². The lowest BCUT2D eigenvalue weighted by Crippen LogP contribution is -2.34. The lowest BCUT2D eigenvalue weighted by Gasteiger charge is -2.33. The van der Waals surface area contributed by atoms with Crippen LogP contribution in [-0.2, 0) is 18.3 Å². The highest BCUT2D eigenvalue weighted by Crippen LogP contribution is 2.38. The van der Waals surface area contributed by atoms with Crippen LogP contribution < -0.4 is 0 Å². The van der Waals surface area contributed by atoms with E-state index in [1.165, 1.54) is 0 Å². The molecular weight excluding hydrogens is 228 g/mol. The summed E-state index contributed by atoms with van der Waals surface area (Å²) in [6.45, 7) is 1.86. The monoisotopic (exact) mass is 242 g/mol. The van der Waals surface area contributed by atoms with Crippen molar-refractivity contribution < 1.29 is 9.90 Å². The molecule has 2 atom stereocenters. The first-order valence-electron chi connectivity index (χ1n) is 5.41. The van der Waals surface area contributed by atoms with Crippen molar-refractivity contribution in [1.82, 2.24) is 9.78 Å². The maximum atomic E-state index is 10.9. The van der Waals surface area contributed by atoms with Crippen LogP contribution in [0.4, 0.5) is 0 Å². The van der Waals surface area contributed by atoms with Gasteiger partial charge in [-0.05, 0) is 32.1 Å². The van der Waals surface area contributed by atoms with Gasteiger partial charge in [-0.15, -0.1) is 0 Å². The highest BCUT2D eigenvalue weighted by molar-refractivity contribution is 6.31. The molecule has 1 N–H and O–H groups in total. The molecule has 0 saturated heterocycles. The van der Waals surface area contributed by atoms with Crippen molar-refractivity contribution in [3.63, 3.8) is 0 Å². The molecule has 1 aromatic heterocycles. The van der Waals surface area contributed by atoms with Crippen LogP contribution >= 0.6 is 11.6 Å². The Morgan fingerprint density at radius 2 is 2.31 bits per heavy atom. The summed E-state index contributed by atoms with van der Waals surface area (Å²) in [6, 6.07) is 0. The van der Waals surface area contributed by atoms with Gasteiger partial charge in [0.2, 0.25) is 0 Å². The number of hydrogen-bond donors (Lipinski definition) is 1. The Balaban J connectivity index is 2.12. The third-order valence-corrected chi connectivity index (χ3v) is 3.94. The van der Waals surface area contributed by atoms with Gasteiger partial charge in [-0.3, -0.25) is 9.48 Å². The van der Waals surface area contributed by atoms with Crippen molar-refractivity contribution in [2.24, 2.45) is 18.9 Å². The first kappa shape index (κ1) is 11.5. The topological polar surface area (TPSA) is 55.1 Å². The maximum Gasteiger partial charge on any atom is 0.306 e. The van der Waals surface area contributed by atoms with E-state index in [1.807, 2.05) is 14.0 Å². The molecule has 1 saturated carbocycles. The average Bonchev–Trinajstić information content (AvgIpc) is 2.36. The minimum absolute atomic E-state index is 0.203. The van der Waals surface area contributed by atoms with E-state index in [-0.39, 0.29) is 11.8 Å². The van der Waals surface area contributed by atoms with Crippen LogP contribution in [0.1, 0.15) is 24.2 Å². The number of nitrogens with zero attached hydrogens (tertiary/aromatic N) is 2. The van der Waals surface area contributed by atoms with Crippen molar-refractivity contribution in [1.29, 1.82) is 0 Å². The van der Waals surface area contributed by atoms with Crippen molar-refractivity contribution >= 4 is 17.6 Å². The van der Waals surface area contributed by atoms with Gasteiger partial charge in [0.1, 0.15) is 0 Å². The predicted molar refractivity (Wildman–Crippen MR) is 60.5 cm³/mol. The Bertz CT molecular complexity index is 428. The summed E-state index contributed by atoms with van der Waals surface area (Å²) >= 11 is 6.14. The van der Waals surface area contributed by atoms with Crippen molar-refractivity contribution in [3.8, 4) is 0 Å². The van der Waals surface area contributed by atoms with Gasteiger partial charge in [-0.2, -0.15) is 5.10 Å². The van der Waals surface area contributed by atoms with Crippen LogP contribution in [0.15, 0.2) is 0 Å². The van der Waals surface area contributed by atoms with E-state index in [1.54, 1.807) is 4.68 Å². The fraction of sp³-hybridized carbons (Fsp3) is 0.636. The van der Waals surface area contributed by atoms with Gasteiger partial charge in [-0.25, -0.2) is 0 Å². The molecule has 1 fully saturated rings. The molecule has 16 heavy (non-hydrogen) atoms. The summed E-state index contributed by atoms with van der Waals surface area (Å²) in [5.41, 5.74) is 1.76. The quantitative estimate of drug-likeness (QED) is 0.883. The summed E-state index contributed by atoms with van der Waals surface area (Å²) in [4.78, 5) is 10.9. The summed E-state index contributed by atoms with van der Waals surface area (Å²) in [7, 11) is 1.85. The molecular formula is C11H15ClN2O2. The molecule has 2 unspecified atom stereocenters. The molecule has 0 aliphatic heterocycles. The Morgan fingerprint density at radius 3 is 2.69 bits per heavy atom. The number of aryl methyl sites for hydroxylation is 2. The van der Waals surface area contributed by atoms with Gasteiger partial charge in [0.05, 0.1) is 22.3 Å². The molecule has 5 heteroatoms. The van der Waals surface area contributed by atoms with E-state index in [0.717, 1.165) is 24.2 Å². The van der Waals surface area contributed by atoms with Crippen LogP contribution in [0.25, 0.3) is 0 Å². The first-order chi connectivity index (χ1) is 7.50. The highest BCUT2D eigenvalue weighted by Gasteiger charge is 2.37. The van der Waals surface area contributed by atoms with Crippen molar-refractivity contribution in [2.75, 3.05) is 0 Å². The number of carboxylic acids is 1. The van der Waals surface area contributed by atoms with Gasteiger partial charge in [0.15, 0.2) is 0 Å². The van der Waals surface area contributed by atoms with E-state index in [2.05, 4.69) is 5.10 Å². The number of carbonyl (C=O) groups is 1. The SMILES string of the molecule is Cc1nn(C)c(CC2CCC2C(=O)O)c1Cl. The van der Waals surface area contributed by atoms with Gasteiger partial charge in [0.25, 0.3) is 0 Å². The second-order valence-corrected chi connectivity index (χ2v) is 4.83. The molecule has 1 aliphatic rings. The second kappa shape index (κ2) is 4.09. The highest BCUT2D eigenvalue weighted by atomic mass is 35.5. The molecule has 88 valence electrons. The number of hydrogen-bond acceptors (Lipinski definition) is 2. The summed E-state index contributed by atoms with van der Waals surface area (Å²) < 4.78 is 1.76. The predicted octanol–water partition coefficient (Wildman–Crippen LogP) is 2.04. The zero-order valence-corrected chi connectivity index (χ0v) is 10.2. The normalized spacial score (nSPS) is 24.2. The largest absolute Gasteiger partial charge is 0.481 e. The van der Waals surface area contributed by atoms with E-state index in [0.29, 0.717) is 11.4 Å². The Morgan fingerprint density at radius 1 is 1.62 bits per heavy atom. The number of halogens is 1. The van der Waals surface area contributed by atoms with Gasteiger partial charge in [0, 0.05) is 7.05 Å². The van der Waals surface area contributed by atoms with E-state index in [9.17, 15) is 4.79 Å². The molecule has 1 aliphatic carbocycles. The maximum absolute atomic E-state index is 10.9. The fourth-order valence-electron chi connectivity index (χ4n) is 2.29. The molecule has 0 spiro atoms. The van der Waals surface area contributed by atoms with Gasteiger partial charge in [-0.1, -0.05) is 11.6 Å². The van der Waals surface area contributed by atoms with Gasteiger partial charge < -0.3 is 5.11 Å². The molecule has 0 radical (unpaired) electrons. The number of rotatable bonds is 3. The third kappa shape index (κ3) is 1.82. The molecule has 4 nitrogen and oxygen atoms in total. The average molecular weight is 243 g/mol. The third-order valence-electron chi connectivity index (χ3n) is 3.45. The second-order valence-electron chi connectivity index (χ2n) is 4.46. The standard InChI is InChI=1S/C11H15ClN2O2/c1-6-10(12)9(14(2)13-6)5-7-3-4-8(7)11(15)16/h7-8H,3-5H2,1-2H3,(H,15,16). The fourth-order valence-corrected chi connectivity index (χ4v) is 2.53. The lowest BCUT2D eigenvalue weighted by molar-refractivity contribution is -0.147. The molecule has 1 heterocycles. The minimum atomic E-state index is -0.689. The van der Waals surface area contributed by atoms with E-state index >= 15 is 0 Å². The minimum Gasteiger partial charge on any atom is -0.481 e. The first-order valence-corrected chi connectivity index (χ1v) is 5.79. The number of aliphatic carboxylic acids is 1. The van der Waals surface area contributed by atoms with Crippen molar-refractivity contribution in [3.05, 3.63) is 16.4 Å². The molecule has 2 rings (SSSR count). The van der Waals surface area contributed by atoms with Crippen LogP contribution in [-0.4, -0.2) is 20.9 Å². The van der Waals surface area contributed by atoms with E-state index in [4.69, 9.17) is 16.7 Å². The number of carboxylic acid groups (broad SMARTS) is 1. The van der Waals surface area contributed by atoms with Crippen LogP contribution in [0.2, 0.25) is 5.02 Å². The summed E-state index contributed by atoms with van der Waals surface area (Å²) in [5.74, 6) is -0.678. The molecule has 0 amide bonds. The Hall–Kier alpha value is -1.03. The smallest absolute Gasteiger partial charge is 0.306 e.